The molecule has 198 valence electrons. The monoisotopic (exact) mass is 508 g/mol. The molecule has 1 atom stereocenters. The third kappa shape index (κ3) is 7.77. The highest BCUT2D eigenvalue weighted by Gasteiger charge is 2.37. The maximum absolute atomic E-state index is 12.8. The van der Waals surface area contributed by atoms with Gasteiger partial charge in [-0.25, -0.2) is 9.59 Å². The van der Waals surface area contributed by atoms with Crippen LogP contribution in [-0.4, -0.2) is 25.9 Å². The van der Waals surface area contributed by atoms with Crippen molar-refractivity contribution in [1.82, 2.24) is 10.6 Å². The van der Waals surface area contributed by atoms with Crippen molar-refractivity contribution in [2.75, 3.05) is 13.7 Å². The molecule has 1 unspecified atom stereocenters. The van der Waals surface area contributed by atoms with Crippen molar-refractivity contribution in [3.05, 3.63) is 88.6 Å². The summed E-state index contributed by atoms with van der Waals surface area (Å²) in [5, 5.41) is 5.97. The molecule has 1 amide bonds. The van der Waals surface area contributed by atoms with E-state index in [4.69, 9.17) is 18.9 Å². The fourth-order valence-electron chi connectivity index (χ4n) is 4.11. The van der Waals surface area contributed by atoms with Gasteiger partial charge in [-0.2, -0.15) is 0 Å². The van der Waals surface area contributed by atoms with Gasteiger partial charge >= 0.3 is 12.2 Å². The van der Waals surface area contributed by atoms with Crippen LogP contribution in [0.25, 0.3) is 0 Å². The van der Waals surface area contributed by atoms with Crippen molar-refractivity contribution in [2.24, 2.45) is 0 Å². The predicted molar refractivity (Wildman–Crippen MR) is 141 cm³/mol. The van der Waals surface area contributed by atoms with Crippen molar-refractivity contribution < 1.29 is 28.5 Å². The van der Waals surface area contributed by atoms with Crippen molar-refractivity contribution in [3.8, 4) is 5.75 Å². The lowest BCUT2D eigenvalue weighted by atomic mass is 9.90. The van der Waals surface area contributed by atoms with Crippen LogP contribution in [-0.2, 0) is 20.8 Å². The summed E-state index contributed by atoms with van der Waals surface area (Å²) >= 11 is 0. The molecule has 3 rings (SSSR count). The number of rotatable bonds is 11. The Kier molecular flexibility index (Phi) is 10.4. The first-order valence-corrected chi connectivity index (χ1v) is 12.6. The molecule has 0 aromatic heterocycles. The molecule has 2 aromatic carbocycles. The van der Waals surface area contributed by atoms with Crippen LogP contribution < -0.4 is 15.4 Å². The summed E-state index contributed by atoms with van der Waals surface area (Å²) in [5.41, 5.74) is 2.91. The van der Waals surface area contributed by atoms with Gasteiger partial charge in [-0.15, -0.1) is 0 Å². The van der Waals surface area contributed by atoms with Crippen LogP contribution in [0.2, 0.25) is 0 Å². The second-order valence-corrected chi connectivity index (χ2v) is 8.78. The molecular weight excluding hydrogens is 472 g/mol. The maximum atomic E-state index is 12.8. The number of methoxy groups -OCH3 is 1. The van der Waals surface area contributed by atoms with E-state index < -0.39 is 18.2 Å². The molecule has 2 N–H and O–H groups in total. The Morgan fingerprint density at radius 1 is 0.892 bits per heavy atom. The number of hydrogen-bond acceptors (Lipinski definition) is 7. The van der Waals surface area contributed by atoms with E-state index in [1.165, 1.54) is 7.11 Å². The van der Waals surface area contributed by atoms with Crippen molar-refractivity contribution in [2.45, 2.75) is 59.0 Å². The lowest BCUT2D eigenvalue weighted by molar-refractivity contribution is 0.0886. The first kappa shape index (κ1) is 27.6. The minimum absolute atomic E-state index is 0.263. The summed E-state index contributed by atoms with van der Waals surface area (Å²) in [6.07, 6.45) is 2.69. The van der Waals surface area contributed by atoms with Crippen LogP contribution in [0.1, 0.15) is 63.5 Å². The number of benzene rings is 2. The molecule has 0 aliphatic carbocycles. The fourth-order valence-corrected chi connectivity index (χ4v) is 4.11. The number of unbranched alkanes of at least 4 members (excludes halogenated alkanes) is 3. The zero-order valence-electron chi connectivity index (χ0n) is 22.0. The number of ether oxygens (including phenoxy) is 4. The zero-order valence-corrected chi connectivity index (χ0v) is 22.0. The Hall–Kier alpha value is -3.94. The fraction of sp³-hybridized carbons (Fsp3) is 0.379. The number of dihydropyridines is 1. The van der Waals surface area contributed by atoms with Crippen LogP contribution in [0.4, 0.5) is 9.59 Å². The molecular formula is C29H36N2O6. The van der Waals surface area contributed by atoms with Gasteiger partial charge in [-0.05, 0) is 31.9 Å². The van der Waals surface area contributed by atoms with Crippen molar-refractivity contribution in [3.63, 3.8) is 0 Å². The van der Waals surface area contributed by atoms with Crippen molar-refractivity contribution >= 4 is 12.2 Å². The predicted octanol–water partition coefficient (Wildman–Crippen LogP) is 6.50. The molecule has 37 heavy (non-hydrogen) atoms. The highest BCUT2D eigenvalue weighted by Crippen LogP contribution is 2.43. The molecule has 0 fully saturated rings. The van der Waals surface area contributed by atoms with Gasteiger partial charge in [0.1, 0.15) is 29.8 Å². The molecule has 8 nitrogen and oxygen atoms in total. The Morgan fingerprint density at radius 3 is 2.27 bits per heavy atom. The molecule has 0 saturated carbocycles. The van der Waals surface area contributed by atoms with Gasteiger partial charge < -0.3 is 29.6 Å². The summed E-state index contributed by atoms with van der Waals surface area (Å²) in [7, 11) is 1.24. The highest BCUT2D eigenvalue weighted by atomic mass is 16.7. The smallest absolute Gasteiger partial charge is 0.489 e. The van der Waals surface area contributed by atoms with E-state index in [0.29, 0.717) is 41.6 Å². The summed E-state index contributed by atoms with van der Waals surface area (Å²) < 4.78 is 22.4. The SMILES string of the molecule is CCCCCCNC(=O)OC1=C(C)NC(C)=C(OC(=O)OC)C1c1ccccc1OCc1ccccc1. The Labute approximate surface area is 218 Å². The largest absolute Gasteiger partial charge is 0.513 e. The minimum Gasteiger partial charge on any atom is -0.489 e. The first-order valence-electron chi connectivity index (χ1n) is 12.6. The highest BCUT2D eigenvalue weighted by molar-refractivity contribution is 5.70. The molecule has 0 saturated heterocycles. The van der Waals surface area contributed by atoms with Gasteiger partial charge in [-0.1, -0.05) is 74.7 Å². The second kappa shape index (κ2) is 14.0. The van der Waals surface area contributed by atoms with Crippen LogP contribution in [0.15, 0.2) is 77.5 Å². The Morgan fingerprint density at radius 2 is 1.57 bits per heavy atom. The van der Waals surface area contributed by atoms with E-state index in [1.807, 2.05) is 61.5 Å². The number of alkyl carbamates (subject to hydrolysis) is 1. The van der Waals surface area contributed by atoms with Gasteiger partial charge in [0, 0.05) is 12.1 Å². The van der Waals surface area contributed by atoms with Gasteiger partial charge in [0.25, 0.3) is 0 Å². The zero-order chi connectivity index (χ0) is 26.6. The summed E-state index contributed by atoms with van der Waals surface area (Å²) in [6, 6.07) is 17.2. The average molecular weight is 509 g/mol. The van der Waals surface area contributed by atoms with E-state index in [9.17, 15) is 9.59 Å². The number of carbonyl (C=O) groups excluding carboxylic acids is 2. The second-order valence-electron chi connectivity index (χ2n) is 8.78. The average Bonchev–Trinajstić information content (AvgIpc) is 2.91. The number of amides is 1. The van der Waals surface area contributed by atoms with Crippen molar-refractivity contribution in [1.29, 1.82) is 0 Å². The molecule has 0 spiro atoms. The summed E-state index contributed by atoms with van der Waals surface area (Å²) in [6.45, 7) is 6.59. The third-order valence-electron chi connectivity index (χ3n) is 5.97. The van der Waals surface area contributed by atoms with Gasteiger partial charge in [-0.3, -0.25) is 0 Å². The molecule has 1 aliphatic heterocycles. The molecule has 0 bridgehead atoms. The molecule has 8 heteroatoms. The van der Waals surface area contributed by atoms with Crippen LogP contribution in [0.5, 0.6) is 5.75 Å². The maximum Gasteiger partial charge on any atom is 0.513 e. The summed E-state index contributed by atoms with van der Waals surface area (Å²) in [5.74, 6) is 0.425. The summed E-state index contributed by atoms with van der Waals surface area (Å²) in [4.78, 5) is 24.9. The van der Waals surface area contributed by atoms with Gasteiger partial charge in [0.05, 0.1) is 18.5 Å². The molecule has 1 heterocycles. The number of para-hydroxylation sites is 1. The normalized spacial score (nSPS) is 15.1. The Bertz CT molecular complexity index is 1130. The topological polar surface area (TPSA) is 95.1 Å². The third-order valence-corrected chi connectivity index (χ3v) is 5.97. The van der Waals surface area contributed by atoms with Crippen LogP contribution >= 0.6 is 0 Å². The standard InChI is InChI=1S/C29H36N2O6/c1-5-6-7-13-18-30-28(32)36-26-20(2)31-21(3)27(37-29(33)34-4)25(26)23-16-11-12-17-24(23)35-19-22-14-9-8-10-15-22/h8-12,14-17,25,31H,5-7,13,18-19H2,1-4H3,(H,30,32). The van der Waals surface area contributed by atoms with E-state index in [-0.39, 0.29) is 5.76 Å². The lowest BCUT2D eigenvalue weighted by Gasteiger charge is -2.31. The van der Waals surface area contributed by atoms with E-state index >= 15 is 0 Å². The molecule has 2 aromatic rings. The number of hydrogen-bond donors (Lipinski definition) is 2. The minimum atomic E-state index is -0.872. The van der Waals surface area contributed by atoms with E-state index in [1.54, 1.807) is 6.92 Å². The van der Waals surface area contributed by atoms with Crippen LogP contribution in [0.3, 0.4) is 0 Å². The van der Waals surface area contributed by atoms with Crippen LogP contribution in [0, 0.1) is 0 Å². The number of nitrogens with one attached hydrogen (secondary N) is 2. The van der Waals surface area contributed by atoms with E-state index in [0.717, 1.165) is 31.2 Å². The number of allylic oxidation sites excluding steroid dienone is 2. The molecule has 1 aliphatic rings. The Balaban J connectivity index is 1.91. The lowest BCUT2D eigenvalue weighted by Crippen LogP contribution is -2.32. The molecule has 0 radical (unpaired) electrons. The quantitative estimate of drug-likeness (QED) is 0.264. The first-order chi connectivity index (χ1) is 17.9. The van der Waals surface area contributed by atoms with E-state index in [2.05, 4.69) is 17.6 Å². The number of carbonyl (C=O) groups is 2. The van der Waals surface area contributed by atoms with Gasteiger partial charge in [0.2, 0.25) is 0 Å². The van der Waals surface area contributed by atoms with Gasteiger partial charge in [0.15, 0.2) is 0 Å².